The molecule has 1 unspecified atom stereocenters. The van der Waals surface area contributed by atoms with E-state index in [1.165, 1.54) is 11.1 Å². The molecule has 1 aromatic heterocycles. The third kappa shape index (κ3) is 2.09. The van der Waals surface area contributed by atoms with E-state index >= 15 is 0 Å². The van der Waals surface area contributed by atoms with E-state index in [0.29, 0.717) is 5.75 Å². The maximum Gasteiger partial charge on any atom is 0.273 e. The van der Waals surface area contributed by atoms with Crippen molar-refractivity contribution < 1.29 is 9.90 Å². The molecule has 1 aromatic carbocycles. The molecule has 6 nitrogen and oxygen atoms in total. The van der Waals surface area contributed by atoms with Crippen molar-refractivity contribution in [3.05, 3.63) is 48.3 Å². The first-order valence-corrected chi connectivity index (χ1v) is 6.83. The lowest BCUT2D eigenvalue weighted by atomic mass is 9.90. The molecule has 6 heteroatoms. The average Bonchev–Trinajstić information content (AvgIpc) is 2.72. The summed E-state index contributed by atoms with van der Waals surface area (Å²) in [6.45, 7) is 1.75. The van der Waals surface area contributed by atoms with Crippen molar-refractivity contribution in [3.63, 3.8) is 0 Å². The smallest absolute Gasteiger partial charge is 0.273 e. The van der Waals surface area contributed by atoms with Crippen molar-refractivity contribution in [1.82, 2.24) is 9.88 Å². The molecule has 0 fully saturated rings. The molecule has 2 aromatic rings. The van der Waals surface area contributed by atoms with E-state index in [0.717, 1.165) is 16.7 Å². The van der Waals surface area contributed by atoms with Crippen LogP contribution in [0.25, 0.3) is 11.1 Å². The molecule has 0 bridgehead atoms. The number of carbonyl (C=O) groups excluding carboxylic acids is 1. The normalized spacial score (nSPS) is 21.1. The summed E-state index contributed by atoms with van der Waals surface area (Å²) in [7, 11) is 1.61. The van der Waals surface area contributed by atoms with E-state index in [-0.39, 0.29) is 11.9 Å². The van der Waals surface area contributed by atoms with Gasteiger partial charge >= 0.3 is 0 Å². The largest absolute Gasteiger partial charge is 0.592 e. The van der Waals surface area contributed by atoms with Gasteiger partial charge in [0.25, 0.3) is 11.7 Å². The van der Waals surface area contributed by atoms with Crippen LogP contribution in [0, 0.1) is 0 Å². The molecule has 2 heterocycles. The second-order valence-corrected chi connectivity index (χ2v) is 5.45. The lowest BCUT2D eigenvalue weighted by Gasteiger charge is -2.21. The van der Waals surface area contributed by atoms with E-state index in [4.69, 9.17) is 10.8 Å². The number of carbonyl (C=O) groups is 1. The van der Waals surface area contributed by atoms with Crippen LogP contribution < -0.4 is 5.73 Å². The number of hydrogen-bond donors (Lipinski definition) is 1. The number of aliphatic imine (C=N–C) groups is 1. The zero-order chi connectivity index (χ0) is 15.9. The average molecular weight is 297 g/mol. The Morgan fingerprint density at radius 2 is 2.00 bits per heavy atom. The van der Waals surface area contributed by atoms with Crippen LogP contribution in [0.1, 0.15) is 12.5 Å². The van der Waals surface area contributed by atoms with Crippen LogP contribution in [-0.2, 0) is 10.3 Å². The molecule has 112 valence electrons. The topological polar surface area (TPSA) is 94.5 Å². The maximum atomic E-state index is 12.4. The Kier molecular flexibility index (Phi) is 3.09. The van der Waals surface area contributed by atoms with E-state index < -0.39 is 5.54 Å². The SMILES string of the molecule is CN1C(=O)C(C)(c2cccc(-c3cncc([OH2+])c3)c2)N=C1N. The second-order valence-electron chi connectivity index (χ2n) is 5.45. The third-order valence-electron chi connectivity index (χ3n) is 3.90. The first-order valence-electron chi connectivity index (χ1n) is 6.83. The number of likely N-dealkylation sites (N-methyl/N-ethyl adjacent to an activating group) is 1. The van der Waals surface area contributed by atoms with Gasteiger partial charge in [0.2, 0.25) is 0 Å². The lowest BCUT2D eigenvalue weighted by molar-refractivity contribution is -0.130. The summed E-state index contributed by atoms with van der Waals surface area (Å²) in [6, 6.07) is 9.26. The van der Waals surface area contributed by atoms with Crippen LogP contribution >= 0.6 is 0 Å². The number of guanidine groups is 1. The first-order chi connectivity index (χ1) is 10.4. The number of hydrogen-bond acceptors (Lipinski definition) is 4. The van der Waals surface area contributed by atoms with Crippen molar-refractivity contribution in [2.45, 2.75) is 12.5 Å². The van der Waals surface area contributed by atoms with Crippen LogP contribution in [0.5, 0.6) is 5.75 Å². The number of benzene rings is 1. The predicted octanol–water partition coefficient (Wildman–Crippen LogP) is 1.19. The fraction of sp³-hybridized carbons (Fsp3) is 0.188. The number of aromatic nitrogens is 1. The number of nitrogens with zero attached hydrogens (tertiary/aromatic N) is 3. The van der Waals surface area contributed by atoms with Crippen molar-refractivity contribution in [3.8, 4) is 16.9 Å². The van der Waals surface area contributed by atoms with Crippen molar-refractivity contribution in [2.24, 2.45) is 10.7 Å². The van der Waals surface area contributed by atoms with Gasteiger partial charge in [-0.3, -0.25) is 14.7 Å². The van der Waals surface area contributed by atoms with Gasteiger partial charge in [-0.2, -0.15) is 0 Å². The molecule has 0 saturated heterocycles. The molecule has 1 atom stereocenters. The first kappa shape index (κ1) is 14.1. The van der Waals surface area contributed by atoms with E-state index in [1.807, 2.05) is 24.3 Å². The second kappa shape index (κ2) is 4.84. The van der Waals surface area contributed by atoms with Crippen LogP contribution in [-0.4, -0.2) is 33.9 Å². The summed E-state index contributed by atoms with van der Waals surface area (Å²) in [4.78, 5) is 22.1. The summed E-state index contributed by atoms with van der Waals surface area (Å²) in [5, 5.41) is 7.67. The van der Waals surface area contributed by atoms with Gasteiger partial charge in [-0.15, -0.1) is 0 Å². The molecule has 3 rings (SSSR count). The fourth-order valence-electron chi connectivity index (χ4n) is 2.57. The molecule has 0 spiro atoms. The third-order valence-corrected chi connectivity index (χ3v) is 3.90. The van der Waals surface area contributed by atoms with E-state index in [2.05, 4.69) is 9.98 Å². The zero-order valence-electron chi connectivity index (χ0n) is 12.4. The Morgan fingerprint density at radius 1 is 1.23 bits per heavy atom. The zero-order valence-corrected chi connectivity index (χ0v) is 12.4. The van der Waals surface area contributed by atoms with Gasteiger partial charge in [0.15, 0.2) is 11.5 Å². The quantitative estimate of drug-likeness (QED) is 0.843. The van der Waals surface area contributed by atoms with Crippen LogP contribution in [0.3, 0.4) is 0 Å². The monoisotopic (exact) mass is 297 g/mol. The molecule has 1 aliphatic rings. The van der Waals surface area contributed by atoms with Gasteiger partial charge in [-0.25, -0.2) is 4.99 Å². The number of nitrogens with two attached hydrogens (primary N) is 1. The molecular weight excluding hydrogens is 280 g/mol. The van der Waals surface area contributed by atoms with Gasteiger partial charge in [-0.05, 0) is 24.1 Å². The van der Waals surface area contributed by atoms with Crippen LogP contribution in [0.15, 0.2) is 47.7 Å². The number of rotatable bonds is 2. The highest BCUT2D eigenvalue weighted by Gasteiger charge is 2.43. The highest BCUT2D eigenvalue weighted by molar-refractivity contribution is 6.06. The Morgan fingerprint density at radius 3 is 2.64 bits per heavy atom. The number of amides is 1. The molecule has 22 heavy (non-hydrogen) atoms. The van der Waals surface area contributed by atoms with Crippen LogP contribution in [0.2, 0.25) is 0 Å². The minimum atomic E-state index is -1.01. The van der Waals surface area contributed by atoms with E-state index in [1.54, 1.807) is 26.2 Å². The van der Waals surface area contributed by atoms with E-state index in [9.17, 15) is 4.79 Å². The summed E-state index contributed by atoms with van der Waals surface area (Å²) < 4.78 is 0. The standard InChI is InChI=1S/C16H16N4O2/c1-16(14(22)20(2)15(17)19-16)12-5-3-4-10(6-12)11-7-13(21)9-18-8-11/h3-9,21H,1-2H3,(H2,17,19)/p+1. The van der Waals surface area contributed by atoms with Gasteiger partial charge in [0.1, 0.15) is 6.20 Å². The molecule has 0 radical (unpaired) electrons. The molecular formula is C16H17N4O2+. The molecule has 4 N–H and O–H groups in total. The van der Waals surface area contributed by atoms with Crippen molar-refractivity contribution in [1.29, 1.82) is 0 Å². The summed E-state index contributed by atoms with van der Waals surface area (Å²) in [5.41, 5.74) is 7.23. The summed E-state index contributed by atoms with van der Waals surface area (Å²) in [6.07, 6.45) is 3.18. The number of pyridine rings is 1. The Balaban J connectivity index is 2.08. The summed E-state index contributed by atoms with van der Waals surface area (Å²) >= 11 is 0. The Labute approximate surface area is 127 Å². The van der Waals surface area contributed by atoms with Crippen molar-refractivity contribution >= 4 is 11.9 Å². The minimum Gasteiger partial charge on any atom is -0.592 e. The highest BCUT2D eigenvalue weighted by Crippen LogP contribution is 2.34. The van der Waals surface area contributed by atoms with Crippen molar-refractivity contribution in [2.75, 3.05) is 7.05 Å². The molecule has 0 aliphatic carbocycles. The predicted molar refractivity (Wildman–Crippen MR) is 84.5 cm³/mol. The molecule has 1 aliphatic heterocycles. The Hall–Kier alpha value is -2.89. The molecule has 0 saturated carbocycles. The lowest BCUT2D eigenvalue weighted by Crippen LogP contribution is -2.38. The summed E-state index contributed by atoms with van der Waals surface area (Å²) in [5.74, 6) is 0.398. The van der Waals surface area contributed by atoms with Gasteiger partial charge < -0.3 is 10.8 Å². The van der Waals surface area contributed by atoms with Crippen LogP contribution in [0.4, 0.5) is 0 Å². The van der Waals surface area contributed by atoms with Gasteiger partial charge in [0.05, 0.1) is 0 Å². The Bertz CT molecular complexity index is 787. The highest BCUT2D eigenvalue weighted by atomic mass is 16.3. The fourth-order valence-corrected chi connectivity index (χ4v) is 2.57. The maximum absolute atomic E-state index is 12.4. The van der Waals surface area contributed by atoms with Gasteiger partial charge in [0, 0.05) is 24.9 Å². The molecule has 1 amide bonds. The minimum absolute atomic E-state index is 0.158. The van der Waals surface area contributed by atoms with Gasteiger partial charge in [-0.1, -0.05) is 18.2 Å².